The van der Waals surface area contributed by atoms with Crippen molar-refractivity contribution in [2.45, 2.75) is 39.3 Å². The van der Waals surface area contributed by atoms with E-state index in [4.69, 9.17) is 0 Å². The lowest BCUT2D eigenvalue weighted by Gasteiger charge is -2.37. The first-order chi connectivity index (χ1) is 11.2. The normalized spacial score (nSPS) is 16.9. The van der Waals surface area contributed by atoms with Crippen LogP contribution in [0.3, 0.4) is 0 Å². The zero-order valence-corrected chi connectivity index (χ0v) is 15.0. The van der Waals surface area contributed by atoms with E-state index in [1.54, 1.807) is 0 Å². The molecule has 130 valence electrons. The van der Waals surface area contributed by atoms with E-state index in [1.165, 1.54) is 24.1 Å². The third-order valence-electron chi connectivity index (χ3n) is 5.04. The smallest absolute Gasteiger partial charge is 0.0558 e. The van der Waals surface area contributed by atoms with E-state index in [2.05, 4.69) is 59.9 Å². The van der Waals surface area contributed by atoms with Crippen molar-refractivity contribution in [3.63, 3.8) is 0 Å². The fourth-order valence-electron chi connectivity index (χ4n) is 3.51. The molecule has 1 aromatic carbocycles. The second kappa shape index (κ2) is 9.26. The van der Waals surface area contributed by atoms with Gasteiger partial charge in [-0.05, 0) is 64.5 Å². The van der Waals surface area contributed by atoms with E-state index in [1.807, 2.05) is 0 Å². The van der Waals surface area contributed by atoms with Gasteiger partial charge in [0.2, 0.25) is 0 Å². The number of aliphatic hydroxyl groups is 1. The maximum Gasteiger partial charge on any atom is 0.0558 e. The minimum absolute atomic E-state index is 0.240. The molecule has 4 heteroatoms. The molecule has 0 aromatic heterocycles. The summed E-state index contributed by atoms with van der Waals surface area (Å²) in [6, 6.07) is 9.54. The van der Waals surface area contributed by atoms with Crippen molar-refractivity contribution in [3.05, 3.63) is 29.8 Å². The van der Waals surface area contributed by atoms with Crippen LogP contribution in [0.25, 0.3) is 0 Å². The predicted molar refractivity (Wildman–Crippen MR) is 98.0 cm³/mol. The molecule has 0 aliphatic carbocycles. The summed E-state index contributed by atoms with van der Waals surface area (Å²) < 4.78 is 0. The molecule has 1 aliphatic heterocycles. The summed E-state index contributed by atoms with van der Waals surface area (Å²) in [5, 5.41) is 9.42. The summed E-state index contributed by atoms with van der Waals surface area (Å²) in [5.74, 6) is 0. The summed E-state index contributed by atoms with van der Waals surface area (Å²) in [7, 11) is 2.19. The summed E-state index contributed by atoms with van der Waals surface area (Å²) in [6.45, 7) is 10.7. The number of piperidine rings is 1. The van der Waals surface area contributed by atoms with Crippen molar-refractivity contribution in [3.8, 4) is 0 Å². The van der Waals surface area contributed by atoms with Crippen molar-refractivity contribution in [2.24, 2.45) is 0 Å². The molecule has 0 bridgehead atoms. The average Bonchev–Trinajstić information content (AvgIpc) is 2.58. The van der Waals surface area contributed by atoms with Crippen LogP contribution in [0.2, 0.25) is 0 Å². The van der Waals surface area contributed by atoms with Crippen LogP contribution in [-0.4, -0.2) is 67.3 Å². The van der Waals surface area contributed by atoms with Crippen LogP contribution in [0, 0.1) is 0 Å². The molecule has 4 nitrogen and oxygen atoms in total. The van der Waals surface area contributed by atoms with Crippen molar-refractivity contribution >= 4 is 5.69 Å². The van der Waals surface area contributed by atoms with Gasteiger partial charge in [0.05, 0.1) is 6.61 Å². The molecule has 0 unspecified atom stereocenters. The number of aliphatic hydroxyl groups excluding tert-OH is 1. The maximum absolute atomic E-state index is 9.42. The Bertz CT molecular complexity index is 436. The second-order valence-corrected chi connectivity index (χ2v) is 6.57. The van der Waals surface area contributed by atoms with Crippen molar-refractivity contribution in [1.29, 1.82) is 0 Å². The Kier molecular flexibility index (Phi) is 7.34. The number of nitrogens with zero attached hydrogens (tertiary/aromatic N) is 3. The minimum atomic E-state index is 0.240. The molecule has 0 spiro atoms. The molecule has 0 saturated carbocycles. The Morgan fingerprint density at radius 2 is 1.70 bits per heavy atom. The number of benzene rings is 1. The Balaban J connectivity index is 1.99. The highest BCUT2D eigenvalue weighted by Crippen LogP contribution is 2.20. The van der Waals surface area contributed by atoms with Gasteiger partial charge < -0.3 is 14.9 Å². The van der Waals surface area contributed by atoms with Crippen LogP contribution in [-0.2, 0) is 6.54 Å². The molecular formula is C19H33N3O. The van der Waals surface area contributed by atoms with Crippen LogP contribution in [0.1, 0.15) is 32.3 Å². The largest absolute Gasteiger partial charge is 0.395 e. The maximum atomic E-state index is 9.42. The van der Waals surface area contributed by atoms with Crippen molar-refractivity contribution < 1.29 is 5.11 Å². The van der Waals surface area contributed by atoms with Crippen LogP contribution in [0.15, 0.2) is 24.3 Å². The molecule has 0 radical (unpaired) electrons. The monoisotopic (exact) mass is 319 g/mol. The van der Waals surface area contributed by atoms with Crippen LogP contribution >= 0.6 is 0 Å². The van der Waals surface area contributed by atoms with Gasteiger partial charge in [0.1, 0.15) is 0 Å². The minimum Gasteiger partial charge on any atom is -0.395 e. The lowest BCUT2D eigenvalue weighted by Crippen LogP contribution is -2.44. The molecule has 1 saturated heterocycles. The Morgan fingerprint density at radius 1 is 1.09 bits per heavy atom. The number of hydrogen-bond acceptors (Lipinski definition) is 4. The zero-order chi connectivity index (χ0) is 16.7. The molecule has 23 heavy (non-hydrogen) atoms. The topological polar surface area (TPSA) is 30.0 Å². The summed E-state index contributed by atoms with van der Waals surface area (Å²) in [4.78, 5) is 7.22. The summed E-state index contributed by atoms with van der Waals surface area (Å²) in [5.41, 5.74) is 2.64. The molecule has 1 N–H and O–H groups in total. The van der Waals surface area contributed by atoms with E-state index in [0.29, 0.717) is 6.04 Å². The van der Waals surface area contributed by atoms with Gasteiger partial charge in [0.25, 0.3) is 0 Å². The highest BCUT2D eigenvalue weighted by atomic mass is 16.3. The first-order valence-corrected chi connectivity index (χ1v) is 9.05. The molecule has 1 heterocycles. The third kappa shape index (κ3) is 5.20. The fourth-order valence-corrected chi connectivity index (χ4v) is 3.51. The number of hydrogen-bond donors (Lipinski definition) is 1. The first-order valence-electron chi connectivity index (χ1n) is 9.05. The van der Waals surface area contributed by atoms with E-state index in [0.717, 1.165) is 39.3 Å². The van der Waals surface area contributed by atoms with Gasteiger partial charge in [-0.1, -0.05) is 12.1 Å². The predicted octanol–water partition coefficient (Wildman–Crippen LogP) is 2.42. The Labute approximate surface area is 141 Å². The molecule has 1 fully saturated rings. The SMILES string of the molecule is CCN(CC)c1ccc(CN(CCO)C2CCN(C)CC2)cc1. The van der Waals surface area contributed by atoms with Crippen LogP contribution in [0.5, 0.6) is 0 Å². The van der Waals surface area contributed by atoms with Gasteiger partial charge in [-0.15, -0.1) is 0 Å². The Morgan fingerprint density at radius 3 is 2.22 bits per heavy atom. The second-order valence-electron chi connectivity index (χ2n) is 6.57. The van der Waals surface area contributed by atoms with Crippen molar-refractivity contribution in [2.75, 3.05) is 51.3 Å². The number of rotatable bonds is 8. The van der Waals surface area contributed by atoms with E-state index in [-0.39, 0.29) is 6.61 Å². The first kappa shape index (κ1) is 18.2. The summed E-state index contributed by atoms with van der Waals surface area (Å²) >= 11 is 0. The summed E-state index contributed by atoms with van der Waals surface area (Å²) in [6.07, 6.45) is 2.40. The lowest BCUT2D eigenvalue weighted by molar-refractivity contribution is 0.0941. The average molecular weight is 319 g/mol. The molecule has 0 amide bonds. The van der Waals surface area contributed by atoms with Gasteiger partial charge in [-0.25, -0.2) is 0 Å². The van der Waals surface area contributed by atoms with E-state index < -0.39 is 0 Å². The zero-order valence-electron chi connectivity index (χ0n) is 15.0. The number of anilines is 1. The number of likely N-dealkylation sites (tertiary alicyclic amines) is 1. The molecule has 1 aliphatic rings. The highest BCUT2D eigenvalue weighted by Gasteiger charge is 2.22. The van der Waals surface area contributed by atoms with Gasteiger partial charge in [-0.3, -0.25) is 4.90 Å². The van der Waals surface area contributed by atoms with Gasteiger partial charge >= 0.3 is 0 Å². The Hall–Kier alpha value is -1.10. The fraction of sp³-hybridized carbons (Fsp3) is 0.684. The van der Waals surface area contributed by atoms with Crippen LogP contribution < -0.4 is 4.90 Å². The molecule has 1 aromatic rings. The molecule has 2 rings (SSSR count). The molecular weight excluding hydrogens is 286 g/mol. The van der Waals surface area contributed by atoms with Gasteiger partial charge in [-0.2, -0.15) is 0 Å². The highest BCUT2D eigenvalue weighted by molar-refractivity contribution is 5.47. The van der Waals surface area contributed by atoms with Crippen molar-refractivity contribution in [1.82, 2.24) is 9.80 Å². The van der Waals surface area contributed by atoms with Crippen LogP contribution in [0.4, 0.5) is 5.69 Å². The van der Waals surface area contributed by atoms with E-state index in [9.17, 15) is 5.11 Å². The lowest BCUT2D eigenvalue weighted by atomic mass is 10.0. The van der Waals surface area contributed by atoms with Gasteiger partial charge in [0, 0.05) is 37.9 Å². The third-order valence-corrected chi connectivity index (χ3v) is 5.04. The quantitative estimate of drug-likeness (QED) is 0.797. The van der Waals surface area contributed by atoms with E-state index >= 15 is 0 Å². The standard InChI is InChI=1S/C19H33N3O/c1-4-21(5-2)18-8-6-17(7-9-18)16-22(14-15-23)19-10-12-20(3)13-11-19/h6-9,19,23H,4-5,10-16H2,1-3H3. The van der Waals surface area contributed by atoms with Gasteiger partial charge in [0.15, 0.2) is 0 Å². The molecule has 0 atom stereocenters.